The lowest BCUT2D eigenvalue weighted by atomic mass is 10.2. The van der Waals surface area contributed by atoms with Gasteiger partial charge < -0.3 is 5.73 Å². The quantitative estimate of drug-likeness (QED) is 0.0882. The number of nitrogens with one attached hydrogen (secondary N) is 1. The first-order valence-electron chi connectivity index (χ1n) is 19.3. The molecule has 0 aliphatic rings. The first-order chi connectivity index (χ1) is 29.3. The van der Waals surface area contributed by atoms with Gasteiger partial charge in [0.1, 0.15) is 11.6 Å². The minimum Gasteiger partial charge on any atom is -0.330 e. The zero-order chi connectivity index (χ0) is 48.0. The van der Waals surface area contributed by atoms with Crippen LogP contribution in [0.25, 0.3) is 0 Å². The summed E-state index contributed by atoms with van der Waals surface area (Å²) < 4.78 is 102. The van der Waals surface area contributed by atoms with E-state index < -0.39 is 29.1 Å². The number of hydrogen-bond donors (Lipinski definition) is 2. The number of nitrogens with two attached hydrogens (primary N) is 1. The molecule has 0 aromatic heterocycles. The van der Waals surface area contributed by atoms with Crippen molar-refractivity contribution in [3.05, 3.63) is 158 Å². The van der Waals surface area contributed by atoms with E-state index >= 15 is 0 Å². The number of nitrogens with zero attached hydrogens (tertiary/aromatic N) is 1. The van der Waals surface area contributed by atoms with Crippen molar-refractivity contribution >= 4 is 103 Å². The molecule has 0 aliphatic carbocycles. The second-order valence-corrected chi connectivity index (χ2v) is 24.3. The van der Waals surface area contributed by atoms with E-state index in [0.29, 0.717) is 29.8 Å². The van der Waals surface area contributed by atoms with Crippen LogP contribution in [0.1, 0.15) is 52.7 Å². The zero-order valence-corrected chi connectivity index (χ0v) is 45.2. The molecule has 0 atom stereocenters. The van der Waals surface area contributed by atoms with Crippen LogP contribution in [0.3, 0.4) is 0 Å². The second-order valence-electron chi connectivity index (χ2n) is 14.8. The molecule has 19 heteroatoms. The topological polar surface area (TPSA) is 144 Å². The van der Waals surface area contributed by atoms with Crippen LogP contribution in [0.2, 0.25) is 0 Å². The zero-order valence-electron chi connectivity index (χ0n) is 35.7. The van der Waals surface area contributed by atoms with Crippen LogP contribution < -0.4 is 10.5 Å². The maximum Gasteiger partial charge on any atom is 0.261 e. The fraction of sp³-hybridized carbons (Fsp3) is 0.318. The number of rotatable bonds is 13. The summed E-state index contributed by atoms with van der Waals surface area (Å²) in [5.41, 5.74) is 7.02. The van der Waals surface area contributed by atoms with Gasteiger partial charge in [0.25, 0.3) is 9.05 Å². The van der Waals surface area contributed by atoms with Crippen LogP contribution in [0.5, 0.6) is 0 Å². The predicted molar refractivity (Wildman–Crippen MR) is 267 cm³/mol. The van der Waals surface area contributed by atoms with E-state index in [9.17, 15) is 34.0 Å². The molecule has 0 aliphatic heterocycles. The molecule has 0 amide bonds. The summed E-state index contributed by atoms with van der Waals surface area (Å²) in [7, 11) is -5.45. The monoisotopic (exact) mass is 1200 g/mol. The molecule has 3 N–H and O–H groups in total. The van der Waals surface area contributed by atoms with Crippen LogP contribution in [0, 0.1) is 29.4 Å². The van der Waals surface area contributed by atoms with E-state index in [-0.39, 0.29) is 33.9 Å². The number of halogens is 7. The van der Waals surface area contributed by atoms with Crippen LogP contribution in [-0.4, -0.2) is 49.2 Å². The third-order valence-corrected chi connectivity index (χ3v) is 14.6. The van der Waals surface area contributed by atoms with Crippen molar-refractivity contribution in [2.24, 2.45) is 23.5 Å². The highest BCUT2D eigenvalue weighted by atomic mass is 79.9. The summed E-state index contributed by atoms with van der Waals surface area (Å²) in [4.78, 5) is 0.664. The van der Waals surface area contributed by atoms with Gasteiger partial charge in [-0.15, -0.1) is 0 Å². The Morgan fingerprint density at radius 3 is 1.27 bits per heavy atom. The maximum atomic E-state index is 13.0. The van der Waals surface area contributed by atoms with Gasteiger partial charge in [-0.05, 0) is 132 Å². The molecule has 5 aromatic rings. The maximum absolute atomic E-state index is 13.0. The lowest BCUT2D eigenvalue weighted by Crippen LogP contribution is -2.33. The molecule has 0 saturated carbocycles. The Bertz CT molecular complexity index is 2400. The molecule has 0 unspecified atom stereocenters. The third-order valence-electron chi connectivity index (χ3n) is 7.73. The molecule has 0 fully saturated rings. The number of alkyl halides is 1. The van der Waals surface area contributed by atoms with Gasteiger partial charge in [0.05, 0.1) is 14.7 Å². The first kappa shape index (κ1) is 58.9. The average molecular weight is 1210 g/mol. The summed E-state index contributed by atoms with van der Waals surface area (Å²) in [5.74, 6) is 0.630. The predicted octanol–water partition coefficient (Wildman–Crippen LogP) is 12.5. The molecule has 63 heavy (non-hydrogen) atoms. The van der Waals surface area contributed by atoms with E-state index in [0.717, 1.165) is 36.4 Å². The smallest absolute Gasteiger partial charge is 0.261 e. The van der Waals surface area contributed by atoms with E-state index in [2.05, 4.69) is 82.3 Å². The van der Waals surface area contributed by atoms with Gasteiger partial charge in [0, 0.05) is 49.1 Å². The van der Waals surface area contributed by atoms with Crippen molar-refractivity contribution in [2.45, 2.75) is 68.1 Å². The largest absolute Gasteiger partial charge is 0.330 e. The lowest BCUT2D eigenvalue weighted by Gasteiger charge is -2.24. The highest BCUT2D eigenvalue weighted by Crippen LogP contribution is 2.23. The SMILES string of the molecule is CC(C)CN.CC(C)CN(Cc1ccc(F)cc1)S(=O)(=O)c1ccc(Br)cc1.CC(C)CNS(=O)(=O)c1ccc(Br)cc1.Fc1ccc(CBr)cc1.O=S(=O)(Cl)c1ccc(Br)cc1. The van der Waals surface area contributed by atoms with Crippen LogP contribution in [0.15, 0.2) is 149 Å². The minimum atomic E-state index is -3.60. The number of hydrogen-bond acceptors (Lipinski definition) is 7. The molecular formula is C44H54Br4ClF2N3O6S3. The molecule has 0 heterocycles. The highest BCUT2D eigenvalue weighted by Gasteiger charge is 2.25. The molecule has 0 spiro atoms. The van der Waals surface area contributed by atoms with Gasteiger partial charge in [0.2, 0.25) is 20.0 Å². The van der Waals surface area contributed by atoms with Gasteiger partial charge >= 0.3 is 0 Å². The normalized spacial score (nSPS) is 11.4. The summed E-state index contributed by atoms with van der Waals surface area (Å²) in [6, 6.07) is 31.6. The fourth-order valence-corrected chi connectivity index (χ4v) is 9.09. The third kappa shape index (κ3) is 24.8. The standard InChI is InChI=1S/C17H19BrFNO2S.C10H14BrNO2S.C7H6BrF.C6H4BrClO2S.C4H11N/c1-13(2)11-20(12-14-3-7-16(19)8-4-14)23(21,22)17-9-5-15(18)6-10-17;1-8(2)7-12-15(13,14)10-5-3-9(11)4-6-10;8-5-6-1-3-7(9)4-2-6;7-5-1-3-6(4-2-5)11(8,9)10;1-4(2)3-5/h3-10,13H,11-12H2,1-2H3;3-6,8,12H,7H2,1-2H3;1-4H,5H2;1-4H;4H,3,5H2,1-2H3. The Kier molecular flexibility index (Phi) is 27.6. The van der Waals surface area contributed by atoms with Crippen LogP contribution >= 0.6 is 74.4 Å². The van der Waals surface area contributed by atoms with E-state index in [4.69, 9.17) is 16.4 Å². The molecule has 348 valence electrons. The molecular weight excluding hydrogens is 1160 g/mol. The van der Waals surface area contributed by atoms with Gasteiger partial charge in [-0.3, -0.25) is 0 Å². The molecule has 0 radical (unpaired) electrons. The van der Waals surface area contributed by atoms with Gasteiger partial charge in [-0.1, -0.05) is 130 Å². The fourth-order valence-electron chi connectivity index (χ4n) is 4.35. The van der Waals surface area contributed by atoms with Crippen molar-refractivity contribution in [3.8, 4) is 0 Å². The minimum absolute atomic E-state index is 0.113. The van der Waals surface area contributed by atoms with Crippen molar-refractivity contribution in [1.29, 1.82) is 0 Å². The Labute approximate surface area is 411 Å². The molecule has 0 bridgehead atoms. The number of benzene rings is 5. The van der Waals surface area contributed by atoms with Crippen LogP contribution in [-0.2, 0) is 41.0 Å². The van der Waals surface area contributed by atoms with E-state index in [1.54, 1.807) is 84.9 Å². The van der Waals surface area contributed by atoms with E-state index in [1.165, 1.54) is 40.7 Å². The Morgan fingerprint density at radius 1 is 0.571 bits per heavy atom. The average Bonchev–Trinajstić information content (AvgIpc) is 3.22. The summed E-state index contributed by atoms with van der Waals surface area (Å²) in [5, 5.41) is 0.785. The van der Waals surface area contributed by atoms with Crippen molar-refractivity contribution in [3.63, 3.8) is 0 Å². The molecule has 5 aromatic carbocycles. The van der Waals surface area contributed by atoms with Gasteiger partial charge in [0.15, 0.2) is 0 Å². The Morgan fingerprint density at radius 2 is 0.937 bits per heavy atom. The number of sulfonamides is 2. The van der Waals surface area contributed by atoms with Crippen molar-refractivity contribution in [2.75, 3.05) is 19.6 Å². The van der Waals surface area contributed by atoms with Gasteiger partial charge in [-0.25, -0.2) is 38.8 Å². The van der Waals surface area contributed by atoms with Crippen LogP contribution in [0.4, 0.5) is 8.78 Å². The summed E-state index contributed by atoms with van der Waals surface area (Å²) in [6.07, 6.45) is 0. The highest BCUT2D eigenvalue weighted by molar-refractivity contribution is 9.11. The lowest BCUT2D eigenvalue weighted by molar-refractivity contribution is 0.362. The Balaban J connectivity index is 0.000000428. The van der Waals surface area contributed by atoms with E-state index in [1.807, 2.05) is 27.7 Å². The summed E-state index contributed by atoms with van der Waals surface area (Å²) >= 11 is 13.0. The Hall–Kier alpha value is -2.10. The van der Waals surface area contributed by atoms with Crippen molar-refractivity contribution in [1.82, 2.24) is 9.03 Å². The molecule has 0 saturated heterocycles. The van der Waals surface area contributed by atoms with Gasteiger partial charge in [-0.2, -0.15) is 4.31 Å². The second kappa shape index (κ2) is 29.5. The summed E-state index contributed by atoms with van der Waals surface area (Å²) in [6.45, 7) is 13.9. The first-order valence-corrected chi connectivity index (χ1v) is 28.0. The molecule has 5 rings (SSSR count). The molecule has 9 nitrogen and oxygen atoms in total. The van der Waals surface area contributed by atoms with Crippen molar-refractivity contribution < 1.29 is 34.0 Å².